The van der Waals surface area contributed by atoms with Crippen LogP contribution in [0.5, 0.6) is 11.5 Å². The summed E-state index contributed by atoms with van der Waals surface area (Å²) in [5.74, 6) is 0.361. The van der Waals surface area contributed by atoms with E-state index in [9.17, 15) is 9.90 Å². The van der Waals surface area contributed by atoms with E-state index in [2.05, 4.69) is 10.5 Å². The van der Waals surface area contributed by atoms with Crippen LogP contribution in [0.3, 0.4) is 0 Å². The monoisotopic (exact) mass is 348 g/mol. The van der Waals surface area contributed by atoms with Gasteiger partial charge in [-0.2, -0.15) is 5.10 Å². The lowest BCUT2D eigenvalue weighted by Gasteiger charge is -2.11. The van der Waals surface area contributed by atoms with Gasteiger partial charge in [0.05, 0.1) is 12.8 Å². The molecule has 0 saturated carbocycles. The second-order valence-electron chi connectivity index (χ2n) is 5.80. The van der Waals surface area contributed by atoms with Crippen LogP contribution in [0.15, 0.2) is 65.8 Å². The van der Waals surface area contributed by atoms with E-state index in [4.69, 9.17) is 4.74 Å². The number of carbonyl (C=O) groups is 1. The highest BCUT2D eigenvalue weighted by molar-refractivity contribution is 6.03. The molecule has 3 rings (SSSR count). The minimum Gasteiger partial charge on any atom is -0.508 e. The maximum atomic E-state index is 12.1. The lowest BCUT2D eigenvalue weighted by atomic mass is 10.0. The van der Waals surface area contributed by atoms with Gasteiger partial charge in [-0.3, -0.25) is 4.79 Å². The number of fused-ring (bicyclic) bond motifs is 1. The Kier molecular flexibility index (Phi) is 5.49. The molecule has 5 heteroatoms. The summed E-state index contributed by atoms with van der Waals surface area (Å²) >= 11 is 0. The van der Waals surface area contributed by atoms with Crippen molar-refractivity contribution >= 4 is 22.9 Å². The molecule has 0 heterocycles. The van der Waals surface area contributed by atoms with Crippen LogP contribution in [0.25, 0.3) is 10.8 Å². The summed E-state index contributed by atoms with van der Waals surface area (Å²) in [6.07, 6.45) is 2.49. The highest BCUT2D eigenvalue weighted by Crippen LogP contribution is 2.26. The summed E-state index contributed by atoms with van der Waals surface area (Å²) in [4.78, 5) is 12.1. The first kappa shape index (κ1) is 17.5. The molecule has 0 atom stereocenters. The minimum absolute atomic E-state index is 0.0333. The SMILES string of the molecule is CCCOc1ccc2ccccc2c1/C=N\NC(=O)c1cccc(O)c1. The fourth-order valence-electron chi connectivity index (χ4n) is 2.61. The Bertz CT molecular complexity index is 951. The topological polar surface area (TPSA) is 70.9 Å². The normalized spacial score (nSPS) is 11.0. The van der Waals surface area contributed by atoms with Crippen LogP contribution in [-0.2, 0) is 0 Å². The Morgan fingerprint density at radius 1 is 1.15 bits per heavy atom. The summed E-state index contributed by atoms with van der Waals surface area (Å²) in [6, 6.07) is 18.0. The number of carbonyl (C=O) groups excluding carboxylic acids is 1. The van der Waals surface area contributed by atoms with E-state index in [1.807, 2.05) is 43.3 Å². The lowest BCUT2D eigenvalue weighted by Crippen LogP contribution is -2.17. The average molecular weight is 348 g/mol. The van der Waals surface area contributed by atoms with Crippen molar-refractivity contribution in [2.45, 2.75) is 13.3 Å². The fraction of sp³-hybridized carbons (Fsp3) is 0.143. The van der Waals surface area contributed by atoms with Crippen LogP contribution in [0, 0.1) is 0 Å². The highest BCUT2D eigenvalue weighted by atomic mass is 16.5. The van der Waals surface area contributed by atoms with E-state index in [0.29, 0.717) is 12.2 Å². The number of aromatic hydroxyl groups is 1. The molecule has 0 bridgehead atoms. The first-order valence-corrected chi connectivity index (χ1v) is 8.46. The zero-order valence-corrected chi connectivity index (χ0v) is 14.5. The van der Waals surface area contributed by atoms with Crippen LogP contribution in [0.4, 0.5) is 0 Å². The number of hydrogen-bond donors (Lipinski definition) is 2. The third-order valence-electron chi connectivity index (χ3n) is 3.86. The van der Waals surface area contributed by atoms with Gasteiger partial charge in [0.25, 0.3) is 5.91 Å². The van der Waals surface area contributed by atoms with Gasteiger partial charge >= 0.3 is 0 Å². The molecule has 3 aromatic rings. The number of hydrogen-bond acceptors (Lipinski definition) is 4. The molecule has 3 aromatic carbocycles. The third kappa shape index (κ3) is 4.00. The number of nitrogens with zero attached hydrogens (tertiary/aromatic N) is 1. The Morgan fingerprint density at radius 2 is 2.00 bits per heavy atom. The summed E-state index contributed by atoms with van der Waals surface area (Å²) in [5, 5.41) is 15.6. The van der Waals surface area contributed by atoms with Gasteiger partial charge in [0, 0.05) is 11.1 Å². The molecule has 26 heavy (non-hydrogen) atoms. The van der Waals surface area contributed by atoms with E-state index >= 15 is 0 Å². The van der Waals surface area contributed by atoms with Crippen molar-refractivity contribution in [1.29, 1.82) is 0 Å². The van der Waals surface area contributed by atoms with Crippen LogP contribution in [0.2, 0.25) is 0 Å². The minimum atomic E-state index is -0.395. The third-order valence-corrected chi connectivity index (χ3v) is 3.86. The predicted molar refractivity (Wildman–Crippen MR) is 103 cm³/mol. The number of phenolic OH excluding ortho intramolecular Hbond substituents is 1. The van der Waals surface area contributed by atoms with Crippen molar-refractivity contribution in [1.82, 2.24) is 5.43 Å². The number of ether oxygens (including phenoxy) is 1. The molecular formula is C21H20N2O3. The molecule has 0 spiro atoms. The first-order chi connectivity index (χ1) is 12.7. The molecule has 0 fully saturated rings. The molecule has 0 radical (unpaired) electrons. The van der Waals surface area contributed by atoms with Gasteiger partial charge in [-0.05, 0) is 41.5 Å². The van der Waals surface area contributed by atoms with E-state index in [1.54, 1.807) is 18.3 Å². The van der Waals surface area contributed by atoms with Crippen LogP contribution in [-0.4, -0.2) is 23.8 Å². The number of phenols is 1. The number of hydrazone groups is 1. The standard InChI is InChI=1S/C21H20N2O3/c1-2-12-26-20-11-10-15-6-3-4-9-18(15)19(20)14-22-23-21(25)16-7-5-8-17(24)13-16/h3-11,13-14,24H,2,12H2,1H3,(H,23,25)/b22-14-. The van der Waals surface area contributed by atoms with Crippen LogP contribution >= 0.6 is 0 Å². The number of amides is 1. The molecule has 132 valence electrons. The molecular weight excluding hydrogens is 328 g/mol. The van der Waals surface area contributed by atoms with E-state index in [0.717, 1.165) is 28.5 Å². The van der Waals surface area contributed by atoms with Gasteiger partial charge in [-0.25, -0.2) is 5.43 Å². The average Bonchev–Trinajstić information content (AvgIpc) is 2.67. The van der Waals surface area contributed by atoms with Gasteiger partial charge < -0.3 is 9.84 Å². The molecule has 1 amide bonds. The Hall–Kier alpha value is -3.34. The Balaban J connectivity index is 1.86. The van der Waals surface area contributed by atoms with Crippen molar-refractivity contribution in [2.75, 3.05) is 6.61 Å². The van der Waals surface area contributed by atoms with Gasteiger partial charge in [-0.15, -0.1) is 0 Å². The molecule has 0 saturated heterocycles. The quantitative estimate of drug-likeness (QED) is 0.520. The number of nitrogens with one attached hydrogen (secondary N) is 1. The molecule has 5 nitrogen and oxygen atoms in total. The molecule has 0 aliphatic heterocycles. The van der Waals surface area contributed by atoms with Gasteiger partial charge in [-0.1, -0.05) is 43.3 Å². The Morgan fingerprint density at radius 3 is 2.81 bits per heavy atom. The van der Waals surface area contributed by atoms with E-state index < -0.39 is 5.91 Å². The number of benzene rings is 3. The maximum Gasteiger partial charge on any atom is 0.271 e. The molecule has 0 aliphatic carbocycles. The highest BCUT2D eigenvalue weighted by Gasteiger charge is 2.08. The first-order valence-electron chi connectivity index (χ1n) is 8.46. The molecule has 0 aromatic heterocycles. The summed E-state index contributed by atoms with van der Waals surface area (Å²) in [6.45, 7) is 2.65. The van der Waals surface area contributed by atoms with Crippen molar-refractivity contribution in [2.24, 2.45) is 5.10 Å². The van der Waals surface area contributed by atoms with Gasteiger partial charge in [0.2, 0.25) is 0 Å². The smallest absolute Gasteiger partial charge is 0.271 e. The van der Waals surface area contributed by atoms with Crippen molar-refractivity contribution in [3.8, 4) is 11.5 Å². The Labute approximate surface area is 151 Å². The maximum absolute atomic E-state index is 12.1. The van der Waals surface area contributed by atoms with E-state index in [1.165, 1.54) is 12.1 Å². The van der Waals surface area contributed by atoms with Crippen LogP contribution < -0.4 is 10.2 Å². The zero-order valence-electron chi connectivity index (χ0n) is 14.5. The lowest BCUT2D eigenvalue weighted by molar-refractivity contribution is 0.0954. The number of rotatable bonds is 6. The van der Waals surface area contributed by atoms with Gasteiger partial charge in [0.1, 0.15) is 11.5 Å². The van der Waals surface area contributed by atoms with Crippen molar-refractivity contribution in [3.05, 3.63) is 71.8 Å². The summed E-state index contributed by atoms with van der Waals surface area (Å²) < 4.78 is 5.82. The summed E-state index contributed by atoms with van der Waals surface area (Å²) in [7, 11) is 0. The van der Waals surface area contributed by atoms with Crippen molar-refractivity contribution < 1.29 is 14.6 Å². The largest absolute Gasteiger partial charge is 0.508 e. The van der Waals surface area contributed by atoms with Crippen molar-refractivity contribution in [3.63, 3.8) is 0 Å². The summed E-state index contributed by atoms with van der Waals surface area (Å²) in [5.41, 5.74) is 3.63. The van der Waals surface area contributed by atoms with E-state index in [-0.39, 0.29) is 5.75 Å². The second kappa shape index (κ2) is 8.16. The van der Waals surface area contributed by atoms with Crippen LogP contribution in [0.1, 0.15) is 29.3 Å². The second-order valence-corrected chi connectivity index (χ2v) is 5.80. The molecule has 0 unspecified atom stereocenters. The van der Waals surface area contributed by atoms with Gasteiger partial charge in [0.15, 0.2) is 0 Å². The zero-order chi connectivity index (χ0) is 18.4. The molecule has 0 aliphatic rings. The molecule has 2 N–H and O–H groups in total. The predicted octanol–water partition coefficient (Wildman–Crippen LogP) is 4.10. The fourth-order valence-corrected chi connectivity index (χ4v) is 2.61.